The summed E-state index contributed by atoms with van der Waals surface area (Å²) in [6.07, 6.45) is -4.90. The predicted octanol–water partition coefficient (Wildman–Crippen LogP) is 4.27. The van der Waals surface area contributed by atoms with Crippen molar-refractivity contribution < 1.29 is 31.5 Å². The van der Waals surface area contributed by atoms with Crippen LogP contribution >= 0.6 is 15.9 Å². The maximum absolute atomic E-state index is 12.7. The summed E-state index contributed by atoms with van der Waals surface area (Å²) in [6.45, 7) is -2.49. The number of ketones is 1. The number of halogens is 6. The summed E-state index contributed by atoms with van der Waals surface area (Å²) in [7, 11) is 0. The minimum atomic E-state index is -4.90. The lowest BCUT2D eigenvalue weighted by atomic mass is 10.1. The second kappa shape index (κ2) is 5.21. The zero-order valence-electron chi connectivity index (χ0n) is 8.82. The molecule has 8 heteroatoms. The van der Waals surface area contributed by atoms with E-state index in [-0.39, 0.29) is 4.47 Å². The van der Waals surface area contributed by atoms with Crippen molar-refractivity contribution in [2.45, 2.75) is 19.7 Å². The summed E-state index contributed by atoms with van der Waals surface area (Å²) >= 11 is 2.78. The van der Waals surface area contributed by atoms with Crippen LogP contribution in [0.15, 0.2) is 16.6 Å². The van der Waals surface area contributed by atoms with Gasteiger partial charge in [0.05, 0.1) is 11.1 Å². The fourth-order valence-corrected chi connectivity index (χ4v) is 1.74. The highest BCUT2D eigenvalue weighted by molar-refractivity contribution is 9.10. The molecule has 0 unspecified atom stereocenters. The molecular formula is C10H6BrF5O2. The van der Waals surface area contributed by atoms with Crippen LogP contribution in [0.25, 0.3) is 0 Å². The highest BCUT2D eigenvalue weighted by Crippen LogP contribution is 2.41. The summed E-state index contributed by atoms with van der Waals surface area (Å²) in [5, 5.41) is 0. The number of alkyl halides is 5. The normalized spacial score (nSPS) is 11.8. The Morgan fingerprint density at radius 2 is 1.89 bits per heavy atom. The van der Waals surface area contributed by atoms with Crippen LogP contribution in [0.3, 0.4) is 0 Å². The van der Waals surface area contributed by atoms with Crippen molar-refractivity contribution in [2.75, 3.05) is 0 Å². The van der Waals surface area contributed by atoms with E-state index >= 15 is 0 Å². The zero-order chi connectivity index (χ0) is 14.1. The number of benzene rings is 1. The Bertz CT molecular complexity index is 470. The number of hydrogen-bond donors (Lipinski definition) is 0. The van der Waals surface area contributed by atoms with Gasteiger partial charge in [0.15, 0.2) is 5.78 Å². The van der Waals surface area contributed by atoms with E-state index < -0.39 is 35.4 Å². The third kappa shape index (κ3) is 3.41. The Labute approximate surface area is 107 Å². The number of carbonyl (C=O) groups excluding carboxylic acids is 1. The van der Waals surface area contributed by atoms with Crippen molar-refractivity contribution in [1.29, 1.82) is 0 Å². The van der Waals surface area contributed by atoms with Crippen molar-refractivity contribution >= 4 is 21.7 Å². The lowest BCUT2D eigenvalue weighted by molar-refractivity contribution is -0.141. The van der Waals surface area contributed by atoms with Gasteiger partial charge in [-0.25, -0.2) is 0 Å². The first-order chi connectivity index (χ1) is 8.12. The van der Waals surface area contributed by atoms with E-state index in [2.05, 4.69) is 20.7 Å². The molecular weight excluding hydrogens is 327 g/mol. The number of ether oxygens (including phenoxy) is 1. The van der Waals surface area contributed by atoms with E-state index in [0.717, 1.165) is 13.0 Å². The minimum absolute atomic E-state index is 0.0540. The molecule has 0 atom stereocenters. The van der Waals surface area contributed by atoms with Gasteiger partial charge in [0.2, 0.25) is 0 Å². The van der Waals surface area contributed by atoms with Crippen LogP contribution in [0.2, 0.25) is 0 Å². The van der Waals surface area contributed by atoms with Gasteiger partial charge in [-0.1, -0.05) is 15.9 Å². The Hall–Kier alpha value is -1.18. The lowest BCUT2D eigenvalue weighted by Gasteiger charge is -2.16. The van der Waals surface area contributed by atoms with Crippen LogP contribution < -0.4 is 4.74 Å². The van der Waals surface area contributed by atoms with Gasteiger partial charge in [0, 0.05) is 4.47 Å². The Kier molecular flexibility index (Phi) is 4.31. The van der Waals surface area contributed by atoms with Gasteiger partial charge in [-0.3, -0.25) is 4.79 Å². The topological polar surface area (TPSA) is 26.3 Å². The molecule has 2 nitrogen and oxygen atoms in total. The lowest BCUT2D eigenvalue weighted by Crippen LogP contribution is -2.14. The first-order valence-electron chi connectivity index (χ1n) is 4.49. The molecule has 100 valence electrons. The molecule has 1 aromatic carbocycles. The largest absolute Gasteiger partial charge is 0.433 e. The van der Waals surface area contributed by atoms with Gasteiger partial charge in [0.25, 0.3) is 0 Å². The predicted molar refractivity (Wildman–Crippen MR) is 55.8 cm³/mol. The Morgan fingerprint density at radius 3 is 2.28 bits per heavy atom. The second-order valence-corrected chi connectivity index (χ2v) is 4.18. The summed E-state index contributed by atoms with van der Waals surface area (Å²) in [5.41, 5.74) is -1.99. The Morgan fingerprint density at radius 1 is 1.33 bits per heavy atom. The average molecular weight is 333 g/mol. The monoisotopic (exact) mass is 332 g/mol. The smallest absolute Gasteiger partial charge is 0.420 e. The summed E-state index contributed by atoms with van der Waals surface area (Å²) in [4.78, 5) is 11.2. The summed E-state index contributed by atoms with van der Waals surface area (Å²) in [5.74, 6) is -1.97. The highest BCUT2D eigenvalue weighted by Gasteiger charge is 2.37. The molecule has 0 aliphatic rings. The molecule has 0 spiro atoms. The van der Waals surface area contributed by atoms with Gasteiger partial charge >= 0.3 is 12.8 Å². The van der Waals surface area contributed by atoms with Crippen LogP contribution in [0, 0.1) is 0 Å². The Balaban J connectivity index is 3.53. The molecule has 1 rings (SSSR count). The molecule has 0 saturated carbocycles. The first-order valence-corrected chi connectivity index (χ1v) is 5.28. The van der Waals surface area contributed by atoms with Crippen molar-refractivity contribution in [3.8, 4) is 5.75 Å². The molecule has 0 saturated heterocycles. The fraction of sp³-hybridized carbons (Fsp3) is 0.300. The van der Waals surface area contributed by atoms with Crippen molar-refractivity contribution in [2.24, 2.45) is 0 Å². The van der Waals surface area contributed by atoms with Gasteiger partial charge in [-0.15, -0.1) is 0 Å². The van der Waals surface area contributed by atoms with Crippen LogP contribution in [-0.2, 0) is 6.18 Å². The number of hydrogen-bond acceptors (Lipinski definition) is 2. The third-order valence-electron chi connectivity index (χ3n) is 1.95. The standard InChI is InChI=1S/C10H6BrF5O2/c1-4(17)6-2-5(11)3-7(10(14,15)16)8(6)18-9(12)13/h2-3,9H,1H3. The van der Waals surface area contributed by atoms with Crippen LogP contribution in [0.4, 0.5) is 22.0 Å². The quantitative estimate of drug-likeness (QED) is 0.610. The fourth-order valence-electron chi connectivity index (χ4n) is 1.28. The minimum Gasteiger partial charge on any atom is -0.433 e. The van der Waals surface area contributed by atoms with E-state index in [1.165, 1.54) is 0 Å². The van der Waals surface area contributed by atoms with E-state index in [1.807, 2.05) is 0 Å². The molecule has 0 fully saturated rings. The summed E-state index contributed by atoms with van der Waals surface area (Å²) < 4.78 is 66.0. The van der Waals surface area contributed by atoms with E-state index in [0.29, 0.717) is 6.07 Å². The summed E-state index contributed by atoms with van der Waals surface area (Å²) in [6, 6.07) is 1.57. The van der Waals surface area contributed by atoms with Gasteiger partial charge in [-0.2, -0.15) is 22.0 Å². The molecule has 0 aliphatic carbocycles. The molecule has 0 radical (unpaired) electrons. The molecule has 18 heavy (non-hydrogen) atoms. The molecule has 0 bridgehead atoms. The van der Waals surface area contributed by atoms with Gasteiger partial charge in [-0.05, 0) is 19.1 Å². The maximum Gasteiger partial charge on any atom is 0.420 e. The molecule has 0 amide bonds. The molecule has 0 N–H and O–H groups in total. The van der Waals surface area contributed by atoms with Crippen molar-refractivity contribution in [3.63, 3.8) is 0 Å². The number of carbonyl (C=O) groups is 1. The number of Topliss-reactive ketones (excluding diaryl/α,β-unsaturated/α-hetero) is 1. The van der Waals surface area contributed by atoms with E-state index in [4.69, 9.17) is 0 Å². The zero-order valence-corrected chi connectivity index (χ0v) is 10.4. The molecule has 0 aromatic heterocycles. The first kappa shape index (κ1) is 14.9. The van der Waals surface area contributed by atoms with Crippen molar-refractivity contribution in [1.82, 2.24) is 0 Å². The van der Waals surface area contributed by atoms with Crippen molar-refractivity contribution in [3.05, 3.63) is 27.7 Å². The number of rotatable bonds is 3. The van der Waals surface area contributed by atoms with Gasteiger partial charge < -0.3 is 4.74 Å². The second-order valence-electron chi connectivity index (χ2n) is 3.26. The molecule has 1 aromatic rings. The van der Waals surface area contributed by atoms with Crippen LogP contribution in [-0.4, -0.2) is 12.4 Å². The SMILES string of the molecule is CC(=O)c1cc(Br)cc(C(F)(F)F)c1OC(F)F. The molecule has 0 aliphatic heterocycles. The maximum atomic E-state index is 12.7. The van der Waals surface area contributed by atoms with Crippen LogP contribution in [0.1, 0.15) is 22.8 Å². The molecule has 0 heterocycles. The van der Waals surface area contributed by atoms with E-state index in [9.17, 15) is 26.7 Å². The van der Waals surface area contributed by atoms with E-state index in [1.54, 1.807) is 0 Å². The van der Waals surface area contributed by atoms with Crippen LogP contribution in [0.5, 0.6) is 5.75 Å². The van der Waals surface area contributed by atoms with Gasteiger partial charge in [0.1, 0.15) is 5.75 Å². The average Bonchev–Trinajstić information content (AvgIpc) is 2.17. The third-order valence-corrected chi connectivity index (χ3v) is 2.40. The highest BCUT2D eigenvalue weighted by atomic mass is 79.9.